The summed E-state index contributed by atoms with van der Waals surface area (Å²) in [5.74, 6) is -0.677. The van der Waals surface area contributed by atoms with Crippen LogP contribution in [0.3, 0.4) is 0 Å². The zero-order chi connectivity index (χ0) is 15.4. The second-order valence-electron chi connectivity index (χ2n) is 4.55. The second kappa shape index (κ2) is 6.71. The van der Waals surface area contributed by atoms with Crippen molar-refractivity contribution < 1.29 is 18.9 Å². The summed E-state index contributed by atoms with van der Waals surface area (Å²) in [7, 11) is 0. The molecule has 1 heterocycles. The maximum absolute atomic E-state index is 11.6. The number of fused-ring (bicyclic) bond motifs is 1. The number of carbonyl (C=O) groups excluding carboxylic acids is 1. The number of hydrogen-bond acceptors (Lipinski definition) is 5. The molecule has 1 unspecified atom stereocenters. The summed E-state index contributed by atoms with van der Waals surface area (Å²) in [5, 5.41) is 11.6. The summed E-state index contributed by atoms with van der Waals surface area (Å²) in [6, 6.07) is 7.18. The Morgan fingerprint density at radius 1 is 1.48 bits per heavy atom. The van der Waals surface area contributed by atoms with Crippen LogP contribution in [0.25, 0.3) is 11.0 Å². The summed E-state index contributed by atoms with van der Waals surface area (Å²) in [5.41, 5.74) is 0.630. The summed E-state index contributed by atoms with van der Waals surface area (Å²) >= 11 is 3.36. The van der Waals surface area contributed by atoms with E-state index in [0.29, 0.717) is 11.3 Å². The predicted octanol–water partition coefficient (Wildman–Crippen LogP) is 3.51. The molecule has 0 spiro atoms. The lowest BCUT2D eigenvalue weighted by molar-refractivity contribution is -0.483. The molecule has 0 saturated carbocycles. The summed E-state index contributed by atoms with van der Waals surface area (Å²) < 4.78 is 11.4. The van der Waals surface area contributed by atoms with E-state index < -0.39 is 16.8 Å². The first kappa shape index (κ1) is 15.5. The average Bonchev–Trinajstić information content (AvgIpc) is 2.80. The Balaban J connectivity index is 2.28. The normalized spacial score (nSPS) is 12.3. The van der Waals surface area contributed by atoms with Gasteiger partial charge in [-0.3, -0.25) is 14.9 Å². The van der Waals surface area contributed by atoms with E-state index in [0.717, 1.165) is 9.86 Å². The van der Waals surface area contributed by atoms with Gasteiger partial charge in [0.1, 0.15) is 11.3 Å². The highest BCUT2D eigenvalue weighted by Crippen LogP contribution is 2.29. The maximum atomic E-state index is 11.6. The average molecular weight is 356 g/mol. The fourth-order valence-electron chi connectivity index (χ4n) is 2.09. The first-order valence-electron chi connectivity index (χ1n) is 6.46. The van der Waals surface area contributed by atoms with Gasteiger partial charge in [0.05, 0.1) is 18.9 Å². The number of benzene rings is 1. The third-order valence-corrected chi connectivity index (χ3v) is 3.48. The minimum absolute atomic E-state index is 0.0736. The highest BCUT2D eigenvalue weighted by Gasteiger charge is 2.25. The Labute approximate surface area is 129 Å². The topological polar surface area (TPSA) is 82.6 Å². The van der Waals surface area contributed by atoms with Crippen LogP contribution in [0.4, 0.5) is 0 Å². The molecule has 0 radical (unpaired) electrons. The molecule has 2 aromatic rings. The van der Waals surface area contributed by atoms with Crippen molar-refractivity contribution in [2.45, 2.75) is 19.3 Å². The molecular weight excluding hydrogens is 342 g/mol. The van der Waals surface area contributed by atoms with Gasteiger partial charge >= 0.3 is 5.97 Å². The molecule has 0 bridgehead atoms. The Morgan fingerprint density at radius 2 is 2.24 bits per heavy atom. The van der Waals surface area contributed by atoms with Crippen LogP contribution in [0.5, 0.6) is 0 Å². The number of ether oxygens (including phenoxy) is 1. The van der Waals surface area contributed by atoms with E-state index in [2.05, 4.69) is 15.9 Å². The fraction of sp³-hybridized carbons (Fsp3) is 0.357. The largest absolute Gasteiger partial charge is 0.466 e. The van der Waals surface area contributed by atoms with E-state index in [9.17, 15) is 14.9 Å². The minimum Gasteiger partial charge on any atom is -0.466 e. The molecule has 21 heavy (non-hydrogen) atoms. The smallest absolute Gasteiger partial charge is 0.306 e. The monoisotopic (exact) mass is 355 g/mol. The van der Waals surface area contributed by atoms with Crippen molar-refractivity contribution in [2.75, 3.05) is 13.2 Å². The van der Waals surface area contributed by atoms with Crippen LogP contribution >= 0.6 is 15.9 Å². The van der Waals surface area contributed by atoms with Crippen LogP contribution in [0.15, 0.2) is 33.2 Å². The van der Waals surface area contributed by atoms with Crippen LogP contribution in [-0.4, -0.2) is 24.0 Å². The van der Waals surface area contributed by atoms with Gasteiger partial charge < -0.3 is 9.15 Å². The molecule has 0 amide bonds. The third kappa shape index (κ3) is 4.04. The van der Waals surface area contributed by atoms with Crippen LogP contribution < -0.4 is 0 Å². The van der Waals surface area contributed by atoms with Crippen molar-refractivity contribution in [3.63, 3.8) is 0 Å². The number of hydrogen-bond donors (Lipinski definition) is 0. The summed E-state index contributed by atoms with van der Waals surface area (Å²) in [6.07, 6.45) is -0.0736. The maximum Gasteiger partial charge on any atom is 0.306 e. The molecule has 0 aliphatic heterocycles. The van der Waals surface area contributed by atoms with Crippen LogP contribution in [0.2, 0.25) is 0 Å². The van der Waals surface area contributed by atoms with Crippen molar-refractivity contribution in [2.24, 2.45) is 0 Å². The lowest BCUT2D eigenvalue weighted by Gasteiger charge is -2.09. The number of carbonyl (C=O) groups is 1. The van der Waals surface area contributed by atoms with Crippen molar-refractivity contribution in [1.82, 2.24) is 0 Å². The molecule has 1 aromatic heterocycles. The molecule has 112 valence electrons. The highest BCUT2D eigenvalue weighted by molar-refractivity contribution is 9.10. The number of rotatable bonds is 6. The van der Waals surface area contributed by atoms with Crippen molar-refractivity contribution in [3.05, 3.63) is 44.6 Å². The van der Waals surface area contributed by atoms with Crippen molar-refractivity contribution in [3.8, 4) is 0 Å². The standard InChI is InChI=1S/C14H14BrNO5/c1-2-20-14(17)7-10(8-16(18)19)13-6-9-5-11(15)3-4-12(9)21-13/h3-6,10H,2,7-8H2,1H3. The lowest BCUT2D eigenvalue weighted by atomic mass is 10.0. The van der Waals surface area contributed by atoms with Crippen LogP contribution in [-0.2, 0) is 9.53 Å². The van der Waals surface area contributed by atoms with Crippen LogP contribution in [0.1, 0.15) is 25.0 Å². The van der Waals surface area contributed by atoms with Gasteiger partial charge in [-0.2, -0.15) is 0 Å². The molecule has 0 N–H and O–H groups in total. The highest BCUT2D eigenvalue weighted by atomic mass is 79.9. The number of nitrogens with zero attached hydrogens (tertiary/aromatic N) is 1. The molecule has 0 fully saturated rings. The first-order valence-corrected chi connectivity index (χ1v) is 7.25. The van der Waals surface area contributed by atoms with Gasteiger partial charge in [-0.1, -0.05) is 15.9 Å². The van der Waals surface area contributed by atoms with Gasteiger partial charge in [0, 0.05) is 14.8 Å². The molecule has 0 aliphatic rings. The number of esters is 1. The van der Waals surface area contributed by atoms with E-state index in [1.54, 1.807) is 19.1 Å². The van der Waals surface area contributed by atoms with Gasteiger partial charge in [-0.15, -0.1) is 0 Å². The molecular formula is C14H14BrNO5. The van der Waals surface area contributed by atoms with Gasteiger partial charge in [-0.25, -0.2) is 0 Å². The quantitative estimate of drug-likeness (QED) is 0.449. The zero-order valence-electron chi connectivity index (χ0n) is 11.4. The minimum atomic E-state index is -0.634. The Morgan fingerprint density at radius 3 is 2.90 bits per heavy atom. The number of furan rings is 1. The Kier molecular flexibility index (Phi) is 4.95. The van der Waals surface area contributed by atoms with E-state index in [1.807, 2.05) is 12.1 Å². The number of halogens is 1. The van der Waals surface area contributed by atoms with Gasteiger partial charge in [0.15, 0.2) is 0 Å². The van der Waals surface area contributed by atoms with Gasteiger partial charge in [0.2, 0.25) is 6.54 Å². The van der Waals surface area contributed by atoms with Crippen molar-refractivity contribution >= 4 is 32.9 Å². The second-order valence-corrected chi connectivity index (χ2v) is 5.47. The van der Waals surface area contributed by atoms with E-state index >= 15 is 0 Å². The molecule has 1 atom stereocenters. The van der Waals surface area contributed by atoms with Gasteiger partial charge in [-0.05, 0) is 31.2 Å². The van der Waals surface area contributed by atoms with E-state index in [-0.39, 0.29) is 19.6 Å². The van der Waals surface area contributed by atoms with Crippen LogP contribution in [0, 0.1) is 10.1 Å². The molecule has 1 aromatic carbocycles. The lowest BCUT2D eigenvalue weighted by Crippen LogP contribution is -2.17. The first-order chi connectivity index (χ1) is 9.99. The Bertz CT molecular complexity index is 666. The number of nitro groups is 1. The Hall–Kier alpha value is -1.89. The molecule has 0 aliphatic carbocycles. The summed E-state index contributed by atoms with van der Waals surface area (Å²) in [4.78, 5) is 21.9. The molecule has 6 nitrogen and oxygen atoms in total. The van der Waals surface area contributed by atoms with Gasteiger partial charge in [0.25, 0.3) is 0 Å². The zero-order valence-corrected chi connectivity index (χ0v) is 13.0. The van der Waals surface area contributed by atoms with E-state index in [1.165, 1.54) is 0 Å². The SMILES string of the molecule is CCOC(=O)CC(C[N+](=O)[O-])c1cc2cc(Br)ccc2o1. The van der Waals surface area contributed by atoms with E-state index in [4.69, 9.17) is 9.15 Å². The summed E-state index contributed by atoms with van der Waals surface area (Å²) in [6.45, 7) is 1.57. The fourth-order valence-corrected chi connectivity index (χ4v) is 2.47. The molecule has 2 rings (SSSR count). The molecule has 7 heteroatoms. The predicted molar refractivity (Wildman–Crippen MR) is 79.8 cm³/mol. The van der Waals surface area contributed by atoms with Crippen molar-refractivity contribution in [1.29, 1.82) is 0 Å². The molecule has 0 saturated heterocycles. The third-order valence-electron chi connectivity index (χ3n) is 2.99.